The Balaban J connectivity index is 1.74. The summed E-state index contributed by atoms with van der Waals surface area (Å²) in [7, 11) is 0. The van der Waals surface area contributed by atoms with Gasteiger partial charge in [-0.05, 0) is 30.5 Å². The third kappa shape index (κ3) is 3.29. The number of aryl methyl sites for hydroxylation is 1. The predicted octanol–water partition coefficient (Wildman–Crippen LogP) is 3.62. The zero-order valence-electron chi connectivity index (χ0n) is 15.2. The molecule has 0 aliphatic carbocycles. The number of benzene rings is 2. The molecule has 0 radical (unpaired) electrons. The Morgan fingerprint density at radius 2 is 1.73 bits per heavy atom. The summed E-state index contributed by atoms with van der Waals surface area (Å²) in [6.45, 7) is 4.46. The average molecular weight is 352 g/mol. The van der Waals surface area contributed by atoms with E-state index in [2.05, 4.69) is 5.32 Å². The van der Waals surface area contributed by atoms with Crippen LogP contribution in [-0.2, 0) is 10.3 Å². The Hall–Kier alpha value is -2.82. The second-order valence-electron chi connectivity index (χ2n) is 6.52. The van der Waals surface area contributed by atoms with Gasteiger partial charge < -0.3 is 10.1 Å². The van der Waals surface area contributed by atoms with Gasteiger partial charge in [0, 0.05) is 0 Å². The highest BCUT2D eigenvalue weighted by atomic mass is 16.5. The molecule has 0 spiro atoms. The van der Waals surface area contributed by atoms with Crippen molar-refractivity contribution in [1.82, 2.24) is 10.2 Å². The first-order valence-electron chi connectivity index (χ1n) is 8.96. The molecule has 1 heterocycles. The Morgan fingerprint density at radius 3 is 2.42 bits per heavy atom. The van der Waals surface area contributed by atoms with Crippen LogP contribution >= 0.6 is 0 Å². The van der Waals surface area contributed by atoms with Crippen molar-refractivity contribution in [2.75, 3.05) is 13.2 Å². The minimum atomic E-state index is -0.976. The molecule has 3 rings (SSSR count). The molecule has 1 N–H and O–H groups in total. The molecule has 2 aromatic carbocycles. The van der Waals surface area contributed by atoms with Crippen LogP contribution in [0.1, 0.15) is 30.9 Å². The molecule has 136 valence electrons. The molecule has 1 aliphatic rings. The highest BCUT2D eigenvalue weighted by molar-refractivity contribution is 6.07. The number of carbonyl (C=O) groups excluding carboxylic acids is 2. The predicted molar refractivity (Wildman–Crippen MR) is 99.9 cm³/mol. The van der Waals surface area contributed by atoms with Gasteiger partial charge in [0.25, 0.3) is 5.91 Å². The lowest BCUT2D eigenvalue weighted by Crippen LogP contribution is -2.44. The van der Waals surface area contributed by atoms with Crippen molar-refractivity contribution in [3.8, 4) is 5.75 Å². The summed E-state index contributed by atoms with van der Waals surface area (Å²) >= 11 is 0. The van der Waals surface area contributed by atoms with Crippen LogP contribution < -0.4 is 10.1 Å². The van der Waals surface area contributed by atoms with Crippen molar-refractivity contribution in [1.29, 1.82) is 0 Å². The Kier molecular flexibility index (Phi) is 5.26. The SMILES string of the molecule is CCC[C@@]1(c2ccccc2)NC(=O)N(CCOc2ccccc2C)C1=O. The van der Waals surface area contributed by atoms with Gasteiger partial charge in [0.1, 0.15) is 17.9 Å². The second-order valence-corrected chi connectivity index (χ2v) is 6.52. The number of nitrogens with one attached hydrogen (secondary N) is 1. The molecule has 3 amide bonds. The van der Waals surface area contributed by atoms with Crippen molar-refractivity contribution < 1.29 is 14.3 Å². The minimum absolute atomic E-state index is 0.205. The van der Waals surface area contributed by atoms with Crippen molar-refractivity contribution in [3.63, 3.8) is 0 Å². The Labute approximate surface area is 154 Å². The molecular weight excluding hydrogens is 328 g/mol. The lowest BCUT2D eigenvalue weighted by molar-refractivity contribution is -0.132. The maximum atomic E-state index is 13.1. The standard InChI is InChI=1S/C21H24N2O3/c1-3-13-21(17-10-5-4-6-11-17)19(24)23(20(25)22-21)14-15-26-18-12-8-7-9-16(18)2/h4-12H,3,13-15H2,1-2H3,(H,22,25)/t21-/m0/s1. The van der Waals surface area contributed by atoms with E-state index in [0.717, 1.165) is 23.3 Å². The fourth-order valence-corrected chi connectivity index (χ4v) is 3.40. The normalized spacial score (nSPS) is 19.5. The van der Waals surface area contributed by atoms with Crippen molar-refractivity contribution in [2.45, 2.75) is 32.2 Å². The van der Waals surface area contributed by atoms with Crippen LogP contribution in [0.4, 0.5) is 4.79 Å². The van der Waals surface area contributed by atoms with E-state index in [1.54, 1.807) is 0 Å². The van der Waals surface area contributed by atoms with Crippen LogP contribution in [0.3, 0.4) is 0 Å². The van der Waals surface area contributed by atoms with Crippen LogP contribution in [0.5, 0.6) is 5.75 Å². The van der Waals surface area contributed by atoms with E-state index in [9.17, 15) is 9.59 Å². The number of ether oxygens (including phenoxy) is 1. The molecule has 0 saturated carbocycles. The summed E-state index contributed by atoms with van der Waals surface area (Å²) in [5.74, 6) is 0.561. The zero-order valence-corrected chi connectivity index (χ0v) is 15.2. The third-order valence-electron chi connectivity index (χ3n) is 4.73. The molecule has 0 aromatic heterocycles. The number of imide groups is 1. The summed E-state index contributed by atoms with van der Waals surface area (Å²) < 4.78 is 5.76. The van der Waals surface area contributed by atoms with Gasteiger partial charge in [-0.3, -0.25) is 9.69 Å². The smallest absolute Gasteiger partial charge is 0.325 e. The summed E-state index contributed by atoms with van der Waals surface area (Å²) in [6, 6.07) is 16.8. The molecule has 26 heavy (non-hydrogen) atoms. The van der Waals surface area contributed by atoms with E-state index < -0.39 is 5.54 Å². The molecule has 2 aromatic rings. The van der Waals surface area contributed by atoms with E-state index in [0.29, 0.717) is 6.42 Å². The molecule has 0 unspecified atom stereocenters. The molecule has 1 atom stereocenters. The van der Waals surface area contributed by atoms with E-state index in [1.807, 2.05) is 68.4 Å². The van der Waals surface area contributed by atoms with Gasteiger partial charge in [-0.15, -0.1) is 0 Å². The number of rotatable bonds is 7. The maximum absolute atomic E-state index is 13.1. The van der Waals surface area contributed by atoms with E-state index in [4.69, 9.17) is 4.74 Å². The van der Waals surface area contributed by atoms with Gasteiger partial charge in [0.15, 0.2) is 0 Å². The average Bonchev–Trinajstić information content (AvgIpc) is 2.89. The molecule has 5 heteroatoms. The molecule has 1 aliphatic heterocycles. The molecule has 5 nitrogen and oxygen atoms in total. The lowest BCUT2D eigenvalue weighted by atomic mass is 9.85. The monoisotopic (exact) mass is 352 g/mol. The van der Waals surface area contributed by atoms with Gasteiger partial charge in [0.2, 0.25) is 0 Å². The van der Waals surface area contributed by atoms with Crippen molar-refractivity contribution in [2.24, 2.45) is 0 Å². The van der Waals surface area contributed by atoms with Gasteiger partial charge in [-0.25, -0.2) is 4.79 Å². The van der Waals surface area contributed by atoms with Crippen LogP contribution in [0, 0.1) is 6.92 Å². The molecule has 1 saturated heterocycles. The first-order chi connectivity index (χ1) is 12.6. The summed E-state index contributed by atoms with van der Waals surface area (Å²) in [4.78, 5) is 26.9. The fourth-order valence-electron chi connectivity index (χ4n) is 3.40. The quantitative estimate of drug-likeness (QED) is 0.774. The van der Waals surface area contributed by atoms with Crippen LogP contribution in [0.2, 0.25) is 0 Å². The Morgan fingerprint density at radius 1 is 1.04 bits per heavy atom. The second kappa shape index (κ2) is 7.60. The van der Waals surface area contributed by atoms with Crippen LogP contribution in [0.25, 0.3) is 0 Å². The highest BCUT2D eigenvalue weighted by Gasteiger charge is 2.51. The first kappa shape index (κ1) is 18.0. The number of para-hydroxylation sites is 1. The van der Waals surface area contributed by atoms with Crippen LogP contribution in [0.15, 0.2) is 54.6 Å². The largest absolute Gasteiger partial charge is 0.491 e. The summed E-state index contributed by atoms with van der Waals surface area (Å²) in [5.41, 5.74) is 0.868. The number of nitrogens with zero attached hydrogens (tertiary/aromatic N) is 1. The van der Waals surface area contributed by atoms with Gasteiger partial charge in [0.05, 0.1) is 6.54 Å². The number of carbonyl (C=O) groups is 2. The summed E-state index contributed by atoms with van der Waals surface area (Å²) in [5, 5.41) is 2.93. The lowest BCUT2D eigenvalue weighted by Gasteiger charge is -2.27. The minimum Gasteiger partial charge on any atom is -0.491 e. The van der Waals surface area contributed by atoms with Gasteiger partial charge in [-0.2, -0.15) is 0 Å². The molecule has 1 fully saturated rings. The number of hydrogen-bond donors (Lipinski definition) is 1. The van der Waals surface area contributed by atoms with Crippen LogP contribution in [-0.4, -0.2) is 30.0 Å². The van der Waals surface area contributed by atoms with Crippen molar-refractivity contribution in [3.05, 3.63) is 65.7 Å². The van der Waals surface area contributed by atoms with E-state index in [-0.39, 0.29) is 25.1 Å². The molecular formula is C21H24N2O3. The van der Waals surface area contributed by atoms with E-state index in [1.165, 1.54) is 4.90 Å². The highest BCUT2D eigenvalue weighted by Crippen LogP contribution is 2.33. The molecule has 0 bridgehead atoms. The van der Waals surface area contributed by atoms with Crippen molar-refractivity contribution >= 4 is 11.9 Å². The number of hydrogen-bond acceptors (Lipinski definition) is 3. The number of urea groups is 1. The zero-order chi connectivity index (χ0) is 18.6. The fraction of sp³-hybridized carbons (Fsp3) is 0.333. The third-order valence-corrected chi connectivity index (χ3v) is 4.73. The summed E-state index contributed by atoms with van der Waals surface area (Å²) in [6.07, 6.45) is 1.35. The van der Waals surface area contributed by atoms with E-state index >= 15 is 0 Å². The van der Waals surface area contributed by atoms with Gasteiger partial charge >= 0.3 is 6.03 Å². The van der Waals surface area contributed by atoms with Gasteiger partial charge in [-0.1, -0.05) is 61.9 Å². The topological polar surface area (TPSA) is 58.6 Å². The number of amides is 3. The first-order valence-corrected chi connectivity index (χ1v) is 8.96. The Bertz CT molecular complexity index is 791. The maximum Gasteiger partial charge on any atom is 0.325 e.